The van der Waals surface area contributed by atoms with Crippen molar-refractivity contribution in [2.24, 2.45) is 0 Å². The van der Waals surface area contributed by atoms with E-state index in [1.54, 1.807) is 13.0 Å². The summed E-state index contributed by atoms with van der Waals surface area (Å²) in [5, 5.41) is 11.6. The summed E-state index contributed by atoms with van der Waals surface area (Å²) >= 11 is 0. The van der Waals surface area contributed by atoms with Crippen molar-refractivity contribution >= 4 is 28.8 Å². The third kappa shape index (κ3) is 3.13. The number of nitrogens with one attached hydrogen (secondary N) is 1. The molecule has 7 heteroatoms. The number of hydrogen-bond donors (Lipinski definition) is 2. The lowest BCUT2D eigenvalue weighted by Crippen LogP contribution is -2.00. The number of halogens is 2. The maximum atomic E-state index is 14.0. The smallest absolute Gasteiger partial charge is 0.307 e. The SMILES string of the molecule is Cc1ccc(F)cc1Nc1nc2c(F)cc(CC(=O)O)cc2o1. The molecule has 23 heavy (non-hydrogen) atoms. The monoisotopic (exact) mass is 318 g/mol. The standard InChI is InChI=1S/C16H12F2N2O3/c1-8-2-3-10(17)7-12(8)19-16-20-15-11(18)4-9(6-14(21)22)5-13(15)23-16/h2-5,7H,6H2,1H3,(H,19,20)(H,21,22). The number of nitrogens with zero attached hydrogens (tertiary/aromatic N) is 1. The molecule has 118 valence electrons. The van der Waals surface area contributed by atoms with Crippen LogP contribution in [0.15, 0.2) is 34.7 Å². The molecule has 1 aromatic heterocycles. The molecule has 0 spiro atoms. The van der Waals surface area contributed by atoms with Crippen LogP contribution >= 0.6 is 0 Å². The second kappa shape index (κ2) is 5.68. The molecule has 0 unspecified atom stereocenters. The molecule has 0 aliphatic carbocycles. The van der Waals surface area contributed by atoms with Gasteiger partial charge < -0.3 is 14.8 Å². The van der Waals surface area contributed by atoms with Gasteiger partial charge in [-0.15, -0.1) is 0 Å². The average molecular weight is 318 g/mol. The minimum atomic E-state index is -1.07. The summed E-state index contributed by atoms with van der Waals surface area (Å²) in [5.74, 6) is -2.17. The number of aryl methyl sites for hydroxylation is 1. The maximum absolute atomic E-state index is 14.0. The van der Waals surface area contributed by atoms with E-state index >= 15 is 0 Å². The molecular formula is C16H12F2N2O3. The predicted molar refractivity (Wildman–Crippen MR) is 79.7 cm³/mol. The highest BCUT2D eigenvalue weighted by molar-refractivity contribution is 5.79. The Bertz CT molecular complexity index is 906. The topological polar surface area (TPSA) is 75.4 Å². The van der Waals surface area contributed by atoms with Crippen LogP contribution in [0.5, 0.6) is 0 Å². The van der Waals surface area contributed by atoms with E-state index < -0.39 is 17.6 Å². The number of anilines is 2. The van der Waals surface area contributed by atoms with E-state index in [1.807, 2.05) is 0 Å². The first-order chi connectivity index (χ1) is 10.9. The lowest BCUT2D eigenvalue weighted by Gasteiger charge is -2.05. The summed E-state index contributed by atoms with van der Waals surface area (Å²) in [5.41, 5.74) is 1.59. The number of aromatic nitrogens is 1. The van der Waals surface area contributed by atoms with Gasteiger partial charge in [0.1, 0.15) is 11.3 Å². The lowest BCUT2D eigenvalue weighted by molar-refractivity contribution is -0.136. The van der Waals surface area contributed by atoms with Crippen molar-refractivity contribution in [3.63, 3.8) is 0 Å². The molecule has 1 heterocycles. The van der Waals surface area contributed by atoms with Gasteiger partial charge in [0.2, 0.25) is 0 Å². The summed E-state index contributed by atoms with van der Waals surface area (Å²) in [4.78, 5) is 14.7. The van der Waals surface area contributed by atoms with Crippen molar-refractivity contribution < 1.29 is 23.1 Å². The molecule has 0 bridgehead atoms. The fourth-order valence-electron chi connectivity index (χ4n) is 2.22. The van der Waals surface area contributed by atoms with Crippen LogP contribution in [0, 0.1) is 18.6 Å². The quantitative estimate of drug-likeness (QED) is 0.765. The van der Waals surface area contributed by atoms with Gasteiger partial charge in [0.15, 0.2) is 11.4 Å². The van der Waals surface area contributed by atoms with E-state index in [0.29, 0.717) is 5.69 Å². The number of fused-ring (bicyclic) bond motifs is 1. The van der Waals surface area contributed by atoms with Gasteiger partial charge in [-0.3, -0.25) is 4.79 Å². The summed E-state index contributed by atoms with van der Waals surface area (Å²) in [6, 6.07) is 6.71. The Morgan fingerprint density at radius 3 is 2.83 bits per heavy atom. The average Bonchev–Trinajstić information content (AvgIpc) is 2.85. The van der Waals surface area contributed by atoms with E-state index in [9.17, 15) is 13.6 Å². The first-order valence-electron chi connectivity index (χ1n) is 6.76. The summed E-state index contributed by atoms with van der Waals surface area (Å²) in [6.07, 6.45) is -0.320. The zero-order chi connectivity index (χ0) is 16.6. The number of rotatable bonds is 4. The van der Waals surface area contributed by atoms with Crippen molar-refractivity contribution in [3.8, 4) is 0 Å². The molecule has 0 saturated heterocycles. The number of carboxylic acids is 1. The van der Waals surface area contributed by atoms with E-state index in [-0.39, 0.29) is 29.1 Å². The summed E-state index contributed by atoms with van der Waals surface area (Å²) < 4.78 is 32.7. The van der Waals surface area contributed by atoms with E-state index in [1.165, 1.54) is 18.2 Å². The van der Waals surface area contributed by atoms with Gasteiger partial charge in [-0.05, 0) is 42.3 Å². The Balaban J connectivity index is 1.98. The van der Waals surface area contributed by atoms with Gasteiger partial charge in [-0.1, -0.05) is 6.07 Å². The highest BCUT2D eigenvalue weighted by Gasteiger charge is 2.14. The van der Waals surface area contributed by atoms with Crippen LogP contribution in [0.25, 0.3) is 11.1 Å². The number of oxazole rings is 1. The third-order valence-corrected chi connectivity index (χ3v) is 3.30. The van der Waals surface area contributed by atoms with E-state index in [0.717, 1.165) is 11.6 Å². The van der Waals surface area contributed by atoms with Gasteiger partial charge in [0.05, 0.1) is 6.42 Å². The summed E-state index contributed by atoms with van der Waals surface area (Å²) in [7, 11) is 0. The highest BCUT2D eigenvalue weighted by Crippen LogP contribution is 2.27. The second-order valence-corrected chi connectivity index (χ2v) is 5.10. The summed E-state index contributed by atoms with van der Waals surface area (Å²) in [6.45, 7) is 1.77. The molecule has 0 aliphatic heterocycles. The number of benzene rings is 2. The van der Waals surface area contributed by atoms with Crippen molar-refractivity contribution in [1.29, 1.82) is 0 Å². The van der Waals surface area contributed by atoms with Gasteiger partial charge in [-0.2, -0.15) is 4.98 Å². The Hall–Kier alpha value is -2.96. The van der Waals surface area contributed by atoms with Crippen LogP contribution in [0.4, 0.5) is 20.5 Å². The van der Waals surface area contributed by atoms with E-state index in [2.05, 4.69) is 10.3 Å². The number of aliphatic carboxylic acids is 1. The fraction of sp³-hybridized carbons (Fsp3) is 0.125. The van der Waals surface area contributed by atoms with Crippen molar-refractivity contribution in [2.75, 3.05) is 5.32 Å². The minimum absolute atomic E-state index is 0.0000694. The molecule has 3 aromatic rings. The van der Waals surface area contributed by atoms with Crippen LogP contribution in [-0.4, -0.2) is 16.1 Å². The molecular weight excluding hydrogens is 306 g/mol. The van der Waals surface area contributed by atoms with Gasteiger partial charge in [0.25, 0.3) is 6.01 Å². The van der Waals surface area contributed by atoms with Gasteiger partial charge in [0, 0.05) is 5.69 Å². The normalized spacial score (nSPS) is 10.9. The molecule has 0 amide bonds. The Kier molecular flexibility index (Phi) is 3.69. The zero-order valence-corrected chi connectivity index (χ0v) is 12.1. The lowest BCUT2D eigenvalue weighted by atomic mass is 10.1. The van der Waals surface area contributed by atoms with E-state index in [4.69, 9.17) is 9.52 Å². The molecule has 5 nitrogen and oxygen atoms in total. The number of carboxylic acid groups (broad SMARTS) is 1. The van der Waals surface area contributed by atoms with Crippen LogP contribution in [0.1, 0.15) is 11.1 Å². The third-order valence-electron chi connectivity index (χ3n) is 3.30. The van der Waals surface area contributed by atoms with Crippen molar-refractivity contribution in [3.05, 3.63) is 53.1 Å². The Morgan fingerprint density at radius 1 is 1.30 bits per heavy atom. The van der Waals surface area contributed by atoms with Crippen LogP contribution in [-0.2, 0) is 11.2 Å². The molecule has 0 fully saturated rings. The molecule has 3 rings (SSSR count). The van der Waals surface area contributed by atoms with Gasteiger partial charge in [-0.25, -0.2) is 8.78 Å². The predicted octanol–water partition coefficient (Wildman–Crippen LogP) is 3.79. The molecule has 0 saturated carbocycles. The molecule has 0 radical (unpaired) electrons. The van der Waals surface area contributed by atoms with Crippen molar-refractivity contribution in [1.82, 2.24) is 4.98 Å². The Labute approximate surface area is 129 Å². The fourth-order valence-corrected chi connectivity index (χ4v) is 2.22. The first-order valence-corrected chi connectivity index (χ1v) is 6.76. The van der Waals surface area contributed by atoms with Crippen LogP contribution in [0.3, 0.4) is 0 Å². The van der Waals surface area contributed by atoms with Crippen LogP contribution in [0.2, 0.25) is 0 Å². The molecule has 2 N–H and O–H groups in total. The maximum Gasteiger partial charge on any atom is 0.307 e. The zero-order valence-electron chi connectivity index (χ0n) is 12.1. The largest absolute Gasteiger partial charge is 0.481 e. The molecule has 0 atom stereocenters. The molecule has 2 aromatic carbocycles. The number of hydrogen-bond acceptors (Lipinski definition) is 4. The molecule has 0 aliphatic rings. The van der Waals surface area contributed by atoms with Crippen LogP contribution < -0.4 is 5.32 Å². The number of carbonyl (C=O) groups is 1. The Morgan fingerprint density at radius 2 is 2.09 bits per heavy atom. The second-order valence-electron chi connectivity index (χ2n) is 5.10. The minimum Gasteiger partial charge on any atom is -0.481 e. The van der Waals surface area contributed by atoms with Crippen molar-refractivity contribution in [2.45, 2.75) is 13.3 Å². The first kappa shape index (κ1) is 15.0. The van der Waals surface area contributed by atoms with Gasteiger partial charge >= 0.3 is 5.97 Å². The highest BCUT2D eigenvalue weighted by atomic mass is 19.1.